The third-order valence-electron chi connectivity index (χ3n) is 4.55. The van der Waals surface area contributed by atoms with Gasteiger partial charge in [0.25, 0.3) is 12.3 Å². The molecule has 2 amide bonds. The van der Waals surface area contributed by atoms with Gasteiger partial charge in [0, 0.05) is 25.1 Å². The minimum atomic E-state index is -2.72. The molecule has 1 aliphatic heterocycles. The number of carbonyl (C=O) groups is 2. The van der Waals surface area contributed by atoms with Gasteiger partial charge >= 0.3 is 0 Å². The molecule has 162 valence electrons. The maximum absolute atomic E-state index is 13.0. The highest BCUT2D eigenvalue weighted by Gasteiger charge is 2.26. The number of primary amides is 1. The van der Waals surface area contributed by atoms with E-state index < -0.39 is 30.8 Å². The van der Waals surface area contributed by atoms with Crippen LogP contribution < -0.4 is 20.7 Å². The highest BCUT2D eigenvalue weighted by atomic mass is 19.3. The second-order valence-corrected chi connectivity index (χ2v) is 6.77. The van der Waals surface area contributed by atoms with Gasteiger partial charge in [-0.25, -0.2) is 13.8 Å². The van der Waals surface area contributed by atoms with Crippen LogP contribution in [0.3, 0.4) is 0 Å². The van der Waals surface area contributed by atoms with Crippen LogP contribution >= 0.6 is 0 Å². The minimum absolute atomic E-state index is 0.116. The summed E-state index contributed by atoms with van der Waals surface area (Å²) < 4.78 is 38.4. The number of nitrogens with zero attached hydrogens (tertiary/aromatic N) is 3. The summed E-state index contributed by atoms with van der Waals surface area (Å²) in [6, 6.07) is 4.62. The first-order valence-electron chi connectivity index (χ1n) is 9.27. The van der Waals surface area contributed by atoms with Crippen molar-refractivity contribution < 1.29 is 27.8 Å². The molecule has 0 unspecified atom stereocenters. The summed E-state index contributed by atoms with van der Waals surface area (Å²) in [4.78, 5) is 28.9. The number of fused-ring (bicyclic) bond motifs is 3. The summed E-state index contributed by atoms with van der Waals surface area (Å²) in [6.45, 7) is 1.25. The monoisotopic (exact) mass is 423 g/mol. The fourth-order valence-corrected chi connectivity index (χ4v) is 3.07. The second-order valence-electron chi connectivity index (χ2n) is 6.77. The molecule has 0 bridgehead atoms. The lowest BCUT2D eigenvalue weighted by molar-refractivity contribution is -0.122. The summed E-state index contributed by atoms with van der Waals surface area (Å²) in [5.74, 6) is 0.00541. The van der Waals surface area contributed by atoms with E-state index in [0.717, 1.165) is 4.90 Å². The molecular weight excluding hydrogens is 400 g/mol. The molecule has 1 aromatic carbocycles. The average molecular weight is 423 g/mol. The average Bonchev–Trinajstić information content (AvgIpc) is 3.02. The molecule has 1 atom stereocenters. The van der Waals surface area contributed by atoms with Crippen LogP contribution in [0.4, 0.5) is 20.3 Å². The van der Waals surface area contributed by atoms with Crippen LogP contribution in [-0.4, -0.2) is 60.7 Å². The number of methoxy groups -OCH3 is 1. The number of alkyl halides is 2. The molecule has 2 heterocycles. The number of anilines is 2. The molecule has 0 fully saturated rings. The second kappa shape index (κ2) is 9.08. The highest BCUT2D eigenvalue weighted by Crippen LogP contribution is 2.35. The fourth-order valence-electron chi connectivity index (χ4n) is 3.07. The van der Waals surface area contributed by atoms with Crippen LogP contribution in [0, 0.1) is 0 Å². The number of halogens is 2. The molecule has 0 saturated heterocycles. The Hall–Kier alpha value is -3.21. The topological polar surface area (TPSA) is 112 Å². The van der Waals surface area contributed by atoms with E-state index in [1.807, 2.05) is 0 Å². The standard InChI is InChI=1S/C19H23F2N5O4/c1-11(18(22)28)23-12-3-4-13-14(7-12)30-6-5-25-9-16(24-19(13)25)26(8-15(20)21)17(27)10-29-2/h3-4,7,9,11,15,23H,5-6,8,10H2,1-2H3,(H2,22,28)/t11-/m0/s1. The summed E-state index contributed by atoms with van der Waals surface area (Å²) in [5, 5.41) is 2.98. The lowest BCUT2D eigenvalue weighted by Gasteiger charge is -2.19. The molecule has 0 spiro atoms. The maximum Gasteiger partial charge on any atom is 0.256 e. The molecule has 9 nitrogen and oxygen atoms in total. The first-order chi connectivity index (χ1) is 14.3. The van der Waals surface area contributed by atoms with Crippen molar-refractivity contribution in [2.24, 2.45) is 5.73 Å². The van der Waals surface area contributed by atoms with Crippen molar-refractivity contribution in [2.45, 2.75) is 25.9 Å². The summed E-state index contributed by atoms with van der Waals surface area (Å²) in [7, 11) is 1.32. The number of hydrogen-bond donors (Lipinski definition) is 2. The third-order valence-corrected chi connectivity index (χ3v) is 4.55. The summed E-state index contributed by atoms with van der Waals surface area (Å²) >= 11 is 0. The van der Waals surface area contributed by atoms with Crippen LogP contribution in [0.25, 0.3) is 11.4 Å². The molecule has 1 aromatic heterocycles. The van der Waals surface area contributed by atoms with Gasteiger partial charge in [-0.2, -0.15) is 0 Å². The number of hydrogen-bond acceptors (Lipinski definition) is 6. The number of imidazole rings is 1. The number of aromatic nitrogens is 2. The molecule has 3 rings (SSSR count). The molecule has 0 saturated carbocycles. The van der Waals surface area contributed by atoms with E-state index in [-0.39, 0.29) is 12.4 Å². The zero-order chi connectivity index (χ0) is 21.8. The zero-order valence-corrected chi connectivity index (χ0v) is 16.6. The lowest BCUT2D eigenvalue weighted by atomic mass is 10.1. The molecule has 0 radical (unpaired) electrons. The Kier molecular flexibility index (Phi) is 6.50. The number of benzene rings is 1. The fraction of sp³-hybridized carbons (Fsp3) is 0.421. The highest BCUT2D eigenvalue weighted by molar-refractivity contribution is 5.93. The predicted octanol–water partition coefficient (Wildman–Crippen LogP) is 1.47. The number of carbonyl (C=O) groups excluding carboxylic acids is 2. The van der Waals surface area contributed by atoms with Gasteiger partial charge in [-0.3, -0.25) is 14.5 Å². The number of rotatable bonds is 8. The van der Waals surface area contributed by atoms with Crippen molar-refractivity contribution in [1.82, 2.24) is 9.55 Å². The maximum atomic E-state index is 13.0. The Labute approximate surface area is 171 Å². The van der Waals surface area contributed by atoms with Crippen LogP contribution in [0.15, 0.2) is 24.4 Å². The molecule has 30 heavy (non-hydrogen) atoms. The summed E-state index contributed by atoms with van der Waals surface area (Å²) in [6.07, 6.45) is -1.17. The lowest BCUT2D eigenvalue weighted by Crippen LogP contribution is -2.37. The van der Waals surface area contributed by atoms with E-state index in [0.29, 0.717) is 36.0 Å². The molecular formula is C19H23F2N5O4. The zero-order valence-electron chi connectivity index (χ0n) is 16.6. The molecule has 0 aliphatic carbocycles. The third kappa shape index (κ3) is 4.67. The van der Waals surface area contributed by atoms with E-state index in [4.69, 9.17) is 15.2 Å². The molecule has 3 N–H and O–H groups in total. The first kappa shape index (κ1) is 21.5. The van der Waals surface area contributed by atoms with Gasteiger partial charge in [-0.05, 0) is 19.1 Å². The first-order valence-corrected chi connectivity index (χ1v) is 9.27. The predicted molar refractivity (Wildman–Crippen MR) is 106 cm³/mol. The van der Waals surface area contributed by atoms with Gasteiger partial charge < -0.3 is 25.1 Å². The Morgan fingerprint density at radius 1 is 1.43 bits per heavy atom. The minimum Gasteiger partial charge on any atom is -0.491 e. The van der Waals surface area contributed by atoms with E-state index >= 15 is 0 Å². The van der Waals surface area contributed by atoms with Crippen LogP contribution in [0.5, 0.6) is 5.75 Å². The number of amides is 2. The van der Waals surface area contributed by atoms with Crippen molar-refractivity contribution in [3.05, 3.63) is 24.4 Å². The Bertz CT molecular complexity index is 934. The largest absolute Gasteiger partial charge is 0.491 e. The number of ether oxygens (including phenoxy) is 2. The van der Waals surface area contributed by atoms with E-state index in [1.54, 1.807) is 35.9 Å². The summed E-state index contributed by atoms with van der Waals surface area (Å²) in [5.41, 5.74) is 6.55. The Morgan fingerprint density at radius 2 is 2.20 bits per heavy atom. The molecule has 11 heteroatoms. The Morgan fingerprint density at radius 3 is 2.87 bits per heavy atom. The van der Waals surface area contributed by atoms with Gasteiger partial charge in [-0.15, -0.1) is 0 Å². The van der Waals surface area contributed by atoms with E-state index in [2.05, 4.69) is 10.3 Å². The van der Waals surface area contributed by atoms with Crippen LogP contribution in [0.1, 0.15) is 6.92 Å². The van der Waals surface area contributed by atoms with Gasteiger partial charge in [0.2, 0.25) is 5.91 Å². The molecule has 2 aromatic rings. The van der Waals surface area contributed by atoms with Crippen molar-refractivity contribution in [3.63, 3.8) is 0 Å². The quantitative estimate of drug-likeness (QED) is 0.665. The van der Waals surface area contributed by atoms with Gasteiger partial charge in [-0.1, -0.05) is 0 Å². The number of nitrogens with two attached hydrogens (primary N) is 1. The normalized spacial score (nSPS) is 13.6. The number of nitrogens with one attached hydrogen (secondary N) is 1. The van der Waals surface area contributed by atoms with Crippen molar-refractivity contribution in [3.8, 4) is 17.1 Å². The van der Waals surface area contributed by atoms with Gasteiger partial charge in [0.05, 0.1) is 18.7 Å². The van der Waals surface area contributed by atoms with Gasteiger partial charge in [0.15, 0.2) is 5.82 Å². The van der Waals surface area contributed by atoms with Crippen molar-refractivity contribution in [2.75, 3.05) is 37.1 Å². The van der Waals surface area contributed by atoms with Crippen molar-refractivity contribution >= 4 is 23.3 Å². The van der Waals surface area contributed by atoms with Crippen LogP contribution in [0.2, 0.25) is 0 Å². The van der Waals surface area contributed by atoms with Crippen molar-refractivity contribution in [1.29, 1.82) is 0 Å². The van der Waals surface area contributed by atoms with Crippen LogP contribution in [-0.2, 0) is 20.9 Å². The smallest absolute Gasteiger partial charge is 0.256 e. The van der Waals surface area contributed by atoms with Gasteiger partial charge in [0.1, 0.15) is 30.8 Å². The Balaban J connectivity index is 1.95. The van der Waals surface area contributed by atoms with E-state index in [9.17, 15) is 18.4 Å². The SMILES string of the molecule is COCC(=O)N(CC(F)F)c1cn2c(n1)-c1ccc(N[C@@H](C)C(N)=O)cc1OCC2. The molecule has 1 aliphatic rings. The van der Waals surface area contributed by atoms with E-state index in [1.165, 1.54) is 7.11 Å².